The summed E-state index contributed by atoms with van der Waals surface area (Å²) in [5, 5.41) is 4.27. The van der Waals surface area contributed by atoms with Gasteiger partial charge in [0.05, 0.1) is 12.3 Å². The van der Waals surface area contributed by atoms with Crippen molar-refractivity contribution in [3.63, 3.8) is 0 Å². The number of hydrogen-bond acceptors (Lipinski definition) is 4. The van der Waals surface area contributed by atoms with Gasteiger partial charge in [-0.3, -0.25) is 14.3 Å². The molecule has 0 aliphatic heterocycles. The van der Waals surface area contributed by atoms with Gasteiger partial charge in [-0.2, -0.15) is 5.10 Å². The molecule has 0 aromatic carbocycles. The molecule has 0 aliphatic carbocycles. The van der Waals surface area contributed by atoms with Gasteiger partial charge >= 0.3 is 5.97 Å². The van der Waals surface area contributed by atoms with E-state index in [0.29, 0.717) is 6.61 Å². The van der Waals surface area contributed by atoms with E-state index in [1.54, 1.807) is 24.7 Å². The highest BCUT2D eigenvalue weighted by Gasteiger charge is 2.12. The van der Waals surface area contributed by atoms with Gasteiger partial charge in [-0.25, -0.2) is 0 Å². The molecule has 1 aromatic heterocycles. The normalized spacial score (nSPS) is 10.8. The Labute approximate surface area is 119 Å². The lowest BCUT2D eigenvalue weighted by Gasteiger charge is -2.13. The molecule has 110 valence electrons. The van der Waals surface area contributed by atoms with Crippen LogP contribution in [0.3, 0.4) is 0 Å². The van der Waals surface area contributed by atoms with Crippen LogP contribution in [0.4, 0.5) is 0 Å². The average molecular weight is 279 g/mol. The van der Waals surface area contributed by atoms with Crippen molar-refractivity contribution in [2.45, 2.75) is 20.8 Å². The number of rotatable bonds is 5. The minimum atomic E-state index is -0.412. The molecule has 0 bridgehead atoms. The summed E-state index contributed by atoms with van der Waals surface area (Å²) in [6.45, 7) is 5.81. The van der Waals surface area contributed by atoms with Gasteiger partial charge in [-0.15, -0.1) is 0 Å². The third-order valence-electron chi connectivity index (χ3n) is 3.01. The predicted molar refractivity (Wildman–Crippen MR) is 76.0 cm³/mol. The first-order valence-electron chi connectivity index (χ1n) is 6.45. The van der Waals surface area contributed by atoms with Gasteiger partial charge in [-0.05, 0) is 26.8 Å². The van der Waals surface area contributed by atoms with Crippen LogP contribution in [-0.4, -0.2) is 46.8 Å². The fraction of sp³-hybridized carbons (Fsp3) is 0.500. The van der Waals surface area contributed by atoms with E-state index in [0.717, 1.165) is 17.0 Å². The summed E-state index contributed by atoms with van der Waals surface area (Å²) in [5.74, 6) is -0.661. The maximum Gasteiger partial charge on any atom is 0.325 e. The third-order valence-corrected chi connectivity index (χ3v) is 3.01. The molecule has 0 saturated carbocycles. The number of likely N-dealkylation sites (N-methyl/N-ethyl adjacent to an activating group) is 1. The fourth-order valence-electron chi connectivity index (χ4n) is 1.79. The van der Waals surface area contributed by atoms with Crippen LogP contribution < -0.4 is 0 Å². The molecule has 1 aromatic rings. The number of esters is 1. The van der Waals surface area contributed by atoms with Crippen LogP contribution in [0, 0.1) is 13.8 Å². The van der Waals surface area contributed by atoms with Gasteiger partial charge in [0.15, 0.2) is 0 Å². The Balaban J connectivity index is 2.70. The molecule has 6 nitrogen and oxygen atoms in total. The van der Waals surface area contributed by atoms with E-state index in [-0.39, 0.29) is 12.5 Å². The second-order valence-electron chi connectivity index (χ2n) is 4.54. The van der Waals surface area contributed by atoms with Crippen molar-refractivity contribution in [2.75, 3.05) is 20.2 Å². The molecule has 0 aliphatic rings. The Morgan fingerprint density at radius 2 is 2.05 bits per heavy atom. The highest BCUT2D eigenvalue weighted by Crippen LogP contribution is 2.13. The van der Waals surface area contributed by atoms with E-state index in [2.05, 4.69) is 5.10 Å². The highest BCUT2D eigenvalue weighted by molar-refractivity contribution is 5.93. The van der Waals surface area contributed by atoms with Crippen LogP contribution in [0.15, 0.2) is 6.08 Å². The van der Waals surface area contributed by atoms with Crippen LogP contribution in [0.2, 0.25) is 0 Å². The molecule has 1 heterocycles. The minimum absolute atomic E-state index is 0.0536. The zero-order valence-corrected chi connectivity index (χ0v) is 12.6. The number of nitrogens with zero attached hydrogens (tertiary/aromatic N) is 3. The van der Waals surface area contributed by atoms with E-state index in [4.69, 9.17) is 4.74 Å². The molecule has 0 fully saturated rings. The number of aryl methyl sites for hydroxylation is 2. The monoisotopic (exact) mass is 279 g/mol. The Hall–Kier alpha value is -2.11. The van der Waals surface area contributed by atoms with Crippen molar-refractivity contribution in [1.29, 1.82) is 0 Å². The Morgan fingerprint density at radius 1 is 1.40 bits per heavy atom. The Kier molecular flexibility index (Phi) is 5.49. The lowest BCUT2D eigenvalue weighted by atomic mass is 10.2. The van der Waals surface area contributed by atoms with Crippen molar-refractivity contribution in [2.24, 2.45) is 7.05 Å². The van der Waals surface area contributed by atoms with Gasteiger partial charge in [0, 0.05) is 31.4 Å². The molecule has 0 atom stereocenters. The Bertz CT molecular complexity index is 532. The predicted octanol–water partition coefficient (Wildman–Crippen LogP) is 1.07. The van der Waals surface area contributed by atoms with Crippen LogP contribution in [0.5, 0.6) is 0 Å². The molecular formula is C14H21N3O3. The molecule has 1 rings (SSSR count). The lowest BCUT2D eigenvalue weighted by Crippen LogP contribution is -2.31. The molecule has 0 N–H and O–H groups in total. The molecule has 0 unspecified atom stereocenters. The quantitative estimate of drug-likeness (QED) is 0.597. The maximum atomic E-state index is 11.9. The second kappa shape index (κ2) is 6.88. The summed E-state index contributed by atoms with van der Waals surface area (Å²) < 4.78 is 6.56. The smallest absolute Gasteiger partial charge is 0.325 e. The van der Waals surface area contributed by atoms with E-state index >= 15 is 0 Å². The standard InChI is InChI=1S/C14H21N3O3/c1-6-20-14(19)9-16(4)13(18)8-7-12-10(2)15-17(5)11(12)3/h7-8H,6,9H2,1-5H3. The first kappa shape index (κ1) is 15.9. The third kappa shape index (κ3) is 3.94. The SMILES string of the molecule is CCOC(=O)CN(C)C(=O)C=Cc1c(C)nn(C)c1C. The highest BCUT2D eigenvalue weighted by atomic mass is 16.5. The van der Waals surface area contributed by atoms with Gasteiger partial charge in [0.2, 0.25) is 5.91 Å². The molecule has 1 amide bonds. The molecular weight excluding hydrogens is 258 g/mol. The Morgan fingerprint density at radius 3 is 2.55 bits per heavy atom. The van der Waals surface area contributed by atoms with E-state index in [1.165, 1.54) is 11.0 Å². The summed E-state index contributed by atoms with van der Waals surface area (Å²) in [6.07, 6.45) is 3.16. The van der Waals surface area contributed by atoms with Crippen LogP contribution in [-0.2, 0) is 21.4 Å². The molecule has 6 heteroatoms. The number of hydrogen-bond donors (Lipinski definition) is 0. The topological polar surface area (TPSA) is 64.4 Å². The fourth-order valence-corrected chi connectivity index (χ4v) is 1.79. The molecule has 0 spiro atoms. The van der Waals surface area contributed by atoms with Crippen molar-refractivity contribution < 1.29 is 14.3 Å². The van der Waals surface area contributed by atoms with Gasteiger partial charge in [0.1, 0.15) is 6.54 Å². The molecule has 0 radical (unpaired) electrons. The average Bonchev–Trinajstić information content (AvgIpc) is 2.61. The summed E-state index contributed by atoms with van der Waals surface area (Å²) in [7, 11) is 3.42. The minimum Gasteiger partial charge on any atom is -0.465 e. The zero-order valence-electron chi connectivity index (χ0n) is 12.6. The van der Waals surface area contributed by atoms with E-state index in [1.807, 2.05) is 20.9 Å². The van der Waals surface area contributed by atoms with Crippen molar-refractivity contribution in [1.82, 2.24) is 14.7 Å². The summed E-state index contributed by atoms with van der Waals surface area (Å²) >= 11 is 0. The van der Waals surface area contributed by atoms with Crippen LogP contribution in [0.1, 0.15) is 23.9 Å². The first-order valence-corrected chi connectivity index (χ1v) is 6.45. The summed E-state index contributed by atoms with van der Waals surface area (Å²) in [4.78, 5) is 24.5. The number of amides is 1. The van der Waals surface area contributed by atoms with Gasteiger partial charge < -0.3 is 9.64 Å². The largest absolute Gasteiger partial charge is 0.465 e. The van der Waals surface area contributed by atoms with Crippen LogP contribution in [0.25, 0.3) is 6.08 Å². The first-order chi connectivity index (χ1) is 9.36. The van der Waals surface area contributed by atoms with Crippen LogP contribution >= 0.6 is 0 Å². The van der Waals surface area contributed by atoms with Crippen molar-refractivity contribution >= 4 is 18.0 Å². The molecule has 20 heavy (non-hydrogen) atoms. The molecule has 0 saturated heterocycles. The summed E-state index contributed by atoms with van der Waals surface area (Å²) in [5.41, 5.74) is 2.77. The lowest BCUT2D eigenvalue weighted by molar-refractivity contribution is -0.146. The van der Waals surface area contributed by atoms with Crippen molar-refractivity contribution in [3.05, 3.63) is 23.0 Å². The second-order valence-corrected chi connectivity index (χ2v) is 4.54. The zero-order chi connectivity index (χ0) is 15.3. The van der Waals surface area contributed by atoms with Gasteiger partial charge in [0.25, 0.3) is 0 Å². The number of carbonyl (C=O) groups is 2. The van der Waals surface area contributed by atoms with Gasteiger partial charge in [-0.1, -0.05) is 0 Å². The maximum absolute atomic E-state index is 11.9. The van der Waals surface area contributed by atoms with Crippen molar-refractivity contribution in [3.8, 4) is 0 Å². The van der Waals surface area contributed by atoms with E-state index < -0.39 is 5.97 Å². The number of aromatic nitrogens is 2. The summed E-state index contributed by atoms with van der Waals surface area (Å²) in [6, 6.07) is 0. The van der Waals surface area contributed by atoms with E-state index in [9.17, 15) is 9.59 Å². The number of carbonyl (C=O) groups excluding carboxylic acids is 2. The number of ether oxygens (including phenoxy) is 1.